The number of benzene rings is 4. The van der Waals surface area contributed by atoms with Gasteiger partial charge in [-0.05, 0) is 79.1 Å². The molecule has 5 rings (SSSR count). The molecule has 0 unspecified atom stereocenters. The lowest BCUT2D eigenvalue weighted by Gasteiger charge is -2.15. The summed E-state index contributed by atoms with van der Waals surface area (Å²) >= 11 is 0. The summed E-state index contributed by atoms with van der Waals surface area (Å²) in [4.78, 5) is 9.97. The van der Waals surface area contributed by atoms with Crippen LogP contribution in [0.25, 0.3) is 44.9 Å². The van der Waals surface area contributed by atoms with Crippen molar-refractivity contribution in [3.8, 4) is 44.9 Å². The smallest absolute Gasteiger partial charge is 0.123 e. The van der Waals surface area contributed by atoms with Crippen LogP contribution in [-0.4, -0.2) is 9.97 Å². The molecule has 0 atom stereocenters. The van der Waals surface area contributed by atoms with Gasteiger partial charge >= 0.3 is 0 Å². The summed E-state index contributed by atoms with van der Waals surface area (Å²) in [5.74, 6) is -0.622. The van der Waals surface area contributed by atoms with Gasteiger partial charge in [-0.25, -0.2) is 18.7 Å². The summed E-state index contributed by atoms with van der Waals surface area (Å²) < 4.78 is 27.5. The zero-order chi connectivity index (χ0) is 23.7. The van der Waals surface area contributed by atoms with E-state index in [4.69, 9.17) is 9.97 Å². The first-order valence-corrected chi connectivity index (χ1v) is 11.1. The fourth-order valence-electron chi connectivity index (χ4n) is 4.16. The standard InChI is InChI=1S/C30H22F2N2/c1-19-17-26(32)15-16-27(19)30-29(22-11-13-25(31)14-12-22)34-28(20(2)33-30)24-10-6-9-23(18-24)21-7-4-3-5-8-21/h3-18H,1-2H3. The summed E-state index contributed by atoms with van der Waals surface area (Å²) in [5, 5.41) is 0. The van der Waals surface area contributed by atoms with Gasteiger partial charge in [-0.1, -0.05) is 48.5 Å². The highest BCUT2D eigenvalue weighted by molar-refractivity contribution is 5.82. The van der Waals surface area contributed by atoms with Crippen molar-refractivity contribution >= 4 is 0 Å². The highest BCUT2D eigenvalue weighted by Crippen LogP contribution is 2.35. The van der Waals surface area contributed by atoms with Crippen LogP contribution in [0.3, 0.4) is 0 Å². The highest BCUT2D eigenvalue weighted by atomic mass is 19.1. The Kier molecular flexibility index (Phi) is 5.72. The van der Waals surface area contributed by atoms with Gasteiger partial charge in [0.05, 0.1) is 22.8 Å². The van der Waals surface area contributed by atoms with E-state index in [0.29, 0.717) is 11.4 Å². The second-order valence-corrected chi connectivity index (χ2v) is 8.27. The molecule has 0 aliphatic carbocycles. The molecule has 0 N–H and O–H groups in total. The lowest BCUT2D eigenvalue weighted by molar-refractivity contribution is 0.626. The van der Waals surface area contributed by atoms with Crippen molar-refractivity contribution in [2.75, 3.05) is 0 Å². The summed E-state index contributed by atoms with van der Waals surface area (Å²) in [6.07, 6.45) is 0. The predicted octanol–water partition coefficient (Wildman–Crippen LogP) is 8.04. The SMILES string of the molecule is Cc1cc(F)ccc1-c1nc(C)c(-c2cccc(-c3ccccc3)c2)nc1-c1ccc(F)cc1. The van der Waals surface area contributed by atoms with Gasteiger partial charge in [0.15, 0.2) is 0 Å². The molecule has 0 fully saturated rings. The third kappa shape index (κ3) is 4.23. The van der Waals surface area contributed by atoms with Crippen molar-refractivity contribution in [2.24, 2.45) is 0 Å². The van der Waals surface area contributed by atoms with Gasteiger partial charge in [0, 0.05) is 16.7 Å². The first-order valence-electron chi connectivity index (χ1n) is 11.1. The van der Waals surface area contributed by atoms with E-state index in [1.807, 2.05) is 44.2 Å². The van der Waals surface area contributed by atoms with Crippen molar-refractivity contribution in [3.05, 3.63) is 120 Å². The molecule has 0 aliphatic heterocycles. The fraction of sp³-hybridized carbons (Fsp3) is 0.0667. The van der Waals surface area contributed by atoms with Crippen molar-refractivity contribution in [3.63, 3.8) is 0 Å². The maximum atomic E-state index is 13.8. The van der Waals surface area contributed by atoms with E-state index in [1.54, 1.807) is 18.2 Å². The van der Waals surface area contributed by atoms with Crippen LogP contribution in [0.4, 0.5) is 8.78 Å². The minimum Gasteiger partial charge on any atom is -0.249 e. The Morgan fingerprint density at radius 3 is 1.91 bits per heavy atom. The number of aryl methyl sites for hydroxylation is 2. The lowest BCUT2D eigenvalue weighted by atomic mass is 9.98. The molecule has 0 saturated heterocycles. The van der Waals surface area contributed by atoms with Gasteiger partial charge in [0.25, 0.3) is 0 Å². The quantitative estimate of drug-likeness (QED) is 0.278. The summed E-state index contributed by atoms with van der Waals surface area (Å²) in [5.41, 5.74) is 8.22. The molecule has 1 heterocycles. The van der Waals surface area contributed by atoms with Crippen LogP contribution in [0.1, 0.15) is 11.3 Å². The third-order valence-corrected chi connectivity index (χ3v) is 5.87. The second-order valence-electron chi connectivity index (χ2n) is 8.27. The van der Waals surface area contributed by atoms with Crippen molar-refractivity contribution in [1.82, 2.24) is 9.97 Å². The van der Waals surface area contributed by atoms with E-state index in [0.717, 1.165) is 44.8 Å². The molecule has 0 spiro atoms. The van der Waals surface area contributed by atoms with Crippen LogP contribution >= 0.6 is 0 Å². The Morgan fingerprint density at radius 1 is 0.500 bits per heavy atom. The summed E-state index contributed by atoms with van der Waals surface area (Å²) in [6.45, 7) is 3.77. The fourth-order valence-corrected chi connectivity index (χ4v) is 4.16. The number of rotatable bonds is 4. The van der Waals surface area contributed by atoms with Crippen LogP contribution in [0.15, 0.2) is 97.1 Å². The topological polar surface area (TPSA) is 25.8 Å². The van der Waals surface area contributed by atoms with E-state index < -0.39 is 0 Å². The molecule has 0 amide bonds. The van der Waals surface area contributed by atoms with Gasteiger partial charge in [-0.15, -0.1) is 0 Å². The molecule has 34 heavy (non-hydrogen) atoms. The van der Waals surface area contributed by atoms with Gasteiger partial charge in [0.2, 0.25) is 0 Å². The number of hydrogen-bond acceptors (Lipinski definition) is 2. The van der Waals surface area contributed by atoms with E-state index in [1.165, 1.54) is 24.3 Å². The normalized spacial score (nSPS) is 10.9. The Labute approximate surface area is 197 Å². The van der Waals surface area contributed by atoms with Crippen LogP contribution < -0.4 is 0 Å². The van der Waals surface area contributed by atoms with Crippen molar-refractivity contribution in [1.29, 1.82) is 0 Å². The minimum absolute atomic E-state index is 0.302. The average Bonchev–Trinajstić information content (AvgIpc) is 2.85. The van der Waals surface area contributed by atoms with Crippen LogP contribution in [0.2, 0.25) is 0 Å². The second kappa shape index (κ2) is 8.99. The Bertz CT molecular complexity index is 1480. The molecule has 0 radical (unpaired) electrons. The molecular formula is C30H22F2N2. The van der Waals surface area contributed by atoms with E-state index in [9.17, 15) is 8.78 Å². The molecule has 4 heteroatoms. The molecule has 5 aromatic rings. The maximum absolute atomic E-state index is 13.8. The lowest BCUT2D eigenvalue weighted by Crippen LogP contribution is -2.01. The molecule has 166 valence electrons. The average molecular weight is 449 g/mol. The largest absolute Gasteiger partial charge is 0.249 e. The molecule has 1 aromatic heterocycles. The predicted molar refractivity (Wildman–Crippen MR) is 133 cm³/mol. The third-order valence-electron chi connectivity index (χ3n) is 5.87. The zero-order valence-electron chi connectivity index (χ0n) is 18.9. The molecule has 2 nitrogen and oxygen atoms in total. The van der Waals surface area contributed by atoms with Gasteiger partial charge < -0.3 is 0 Å². The molecule has 0 saturated carbocycles. The summed E-state index contributed by atoms with van der Waals surface area (Å²) in [6, 6.07) is 29.2. The Morgan fingerprint density at radius 2 is 1.18 bits per heavy atom. The van der Waals surface area contributed by atoms with Crippen LogP contribution in [0.5, 0.6) is 0 Å². The van der Waals surface area contributed by atoms with Gasteiger partial charge in [-0.3, -0.25) is 0 Å². The van der Waals surface area contributed by atoms with E-state index >= 15 is 0 Å². The van der Waals surface area contributed by atoms with E-state index in [-0.39, 0.29) is 11.6 Å². The maximum Gasteiger partial charge on any atom is 0.123 e. The minimum atomic E-state index is -0.320. The number of hydrogen-bond donors (Lipinski definition) is 0. The summed E-state index contributed by atoms with van der Waals surface area (Å²) in [7, 11) is 0. The van der Waals surface area contributed by atoms with Crippen molar-refractivity contribution < 1.29 is 8.78 Å². The number of halogens is 2. The first-order chi connectivity index (χ1) is 16.5. The van der Waals surface area contributed by atoms with Crippen molar-refractivity contribution in [2.45, 2.75) is 13.8 Å². The van der Waals surface area contributed by atoms with Crippen LogP contribution in [-0.2, 0) is 0 Å². The van der Waals surface area contributed by atoms with Crippen LogP contribution in [0, 0.1) is 25.5 Å². The van der Waals surface area contributed by atoms with Gasteiger partial charge in [0.1, 0.15) is 11.6 Å². The number of nitrogens with zero attached hydrogens (tertiary/aromatic N) is 2. The molecule has 0 bridgehead atoms. The molecule has 0 aliphatic rings. The monoisotopic (exact) mass is 448 g/mol. The van der Waals surface area contributed by atoms with Gasteiger partial charge in [-0.2, -0.15) is 0 Å². The Balaban J connectivity index is 1.71. The zero-order valence-corrected chi connectivity index (χ0v) is 18.9. The van der Waals surface area contributed by atoms with E-state index in [2.05, 4.69) is 24.3 Å². The highest BCUT2D eigenvalue weighted by Gasteiger charge is 2.18. The number of aromatic nitrogens is 2. The Hall–Kier alpha value is -4.18. The first kappa shape index (κ1) is 21.7. The molecule has 4 aromatic carbocycles. The molecular weight excluding hydrogens is 426 g/mol.